The number of piperazine rings is 1. The van der Waals surface area contributed by atoms with Crippen LogP contribution in [0.3, 0.4) is 0 Å². The topological polar surface area (TPSA) is 83.9 Å². The number of sulfonamides is 1. The van der Waals surface area contributed by atoms with Crippen molar-refractivity contribution in [1.82, 2.24) is 14.4 Å². The maximum absolute atomic E-state index is 13.6. The molecule has 2 heterocycles. The maximum Gasteiger partial charge on any atom is 0.261 e. The highest BCUT2D eigenvalue weighted by Gasteiger charge is 2.26. The van der Waals surface area contributed by atoms with Gasteiger partial charge < -0.3 is 14.2 Å². The third-order valence-corrected chi connectivity index (χ3v) is 9.30. The molecule has 0 aliphatic carbocycles. The highest BCUT2D eigenvalue weighted by Crippen LogP contribution is 2.30. The molecule has 1 aliphatic heterocycles. The maximum atomic E-state index is 13.6. The Morgan fingerprint density at radius 2 is 1.52 bits per heavy atom. The van der Waals surface area contributed by atoms with E-state index in [-0.39, 0.29) is 22.1 Å². The number of carbonyl (C=O) groups is 1. The molecular weight excluding hydrogens is 595 g/mol. The summed E-state index contributed by atoms with van der Waals surface area (Å²) in [7, 11) is -4.01. The van der Waals surface area contributed by atoms with Gasteiger partial charge in [0.1, 0.15) is 11.5 Å². The van der Waals surface area contributed by atoms with Crippen LogP contribution in [0, 0.1) is 13.8 Å². The number of anilines is 1. The molecule has 1 fully saturated rings. The molecule has 1 aromatic heterocycles. The molecule has 1 saturated heterocycles. The van der Waals surface area contributed by atoms with Gasteiger partial charge in [0.15, 0.2) is 0 Å². The lowest BCUT2D eigenvalue weighted by atomic mass is 10.1. The third-order valence-electron chi connectivity index (χ3n) is 7.37. The number of ether oxygens (including phenoxy) is 1. The summed E-state index contributed by atoms with van der Waals surface area (Å²) >= 11 is 12.4. The molecule has 5 rings (SSSR count). The number of benzene rings is 3. The zero-order chi connectivity index (χ0) is 29.9. The molecule has 8 nitrogen and oxygen atoms in total. The van der Waals surface area contributed by atoms with Crippen LogP contribution in [-0.2, 0) is 16.6 Å². The number of rotatable bonds is 9. The first-order valence-corrected chi connectivity index (χ1v) is 15.8. The number of hydrogen-bond donors (Lipinski definition) is 1. The molecule has 11 heteroatoms. The summed E-state index contributed by atoms with van der Waals surface area (Å²) in [5, 5.41) is 0.790. The van der Waals surface area contributed by atoms with Crippen molar-refractivity contribution in [2.75, 3.05) is 37.4 Å². The van der Waals surface area contributed by atoms with Crippen molar-refractivity contribution >= 4 is 44.8 Å². The average molecular weight is 628 g/mol. The molecule has 0 saturated carbocycles. The van der Waals surface area contributed by atoms with Crippen LogP contribution in [0.25, 0.3) is 0 Å². The lowest BCUT2D eigenvalue weighted by molar-refractivity contribution is 0.0634. The van der Waals surface area contributed by atoms with Gasteiger partial charge in [0.05, 0.1) is 21.2 Å². The molecular formula is C31H32Cl2N4O4S. The lowest BCUT2D eigenvalue weighted by Crippen LogP contribution is -2.49. The second kappa shape index (κ2) is 12.8. The summed E-state index contributed by atoms with van der Waals surface area (Å²) in [4.78, 5) is 17.7. The first kappa shape index (κ1) is 30.0. The average Bonchev–Trinajstić information content (AvgIpc) is 3.30. The van der Waals surface area contributed by atoms with E-state index in [2.05, 4.69) is 40.2 Å². The van der Waals surface area contributed by atoms with Crippen molar-refractivity contribution in [1.29, 1.82) is 0 Å². The Bertz CT molecular complexity index is 1660. The standard InChI is InChI=1S/C31H32Cl2N4O4S/c1-22-7-8-23(2)37(22)20-17-35-15-18-36(19-16-35)31(38)27-21-24(32)9-14-29(27)34-42(39,40)26-12-10-25(11-13-26)41-30-6-4-3-5-28(30)33/h3-14,21,34H,15-20H2,1-2H3. The molecule has 42 heavy (non-hydrogen) atoms. The second-order valence-corrected chi connectivity index (χ2v) is 12.7. The first-order chi connectivity index (χ1) is 20.1. The molecule has 0 spiro atoms. The monoisotopic (exact) mass is 626 g/mol. The van der Waals surface area contributed by atoms with Crippen LogP contribution in [0.4, 0.5) is 5.69 Å². The molecule has 1 N–H and O–H groups in total. The van der Waals surface area contributed by atoms with Gasteiger partial charge in [-0.1, -0.05) is 35.3 Å². The van der Waals surface area contributed by atoms with Crippen molar-refractivity contribution in [3.05, 3.63) is 106 Å². The normalized spacial score (nSPS) is 14.1. The third kappa shape index (κ3) is 6.93. The number of para-hydroxylation sites is 1. The minimum absolute atomic E-state index is 0.0177. The van der Waals surface area contributed by atoms with Crippen molar-refractivity contribution in [3.63, 3.8) is 0 Å². The summed E-state index contributed by atoms with van der Waals surface area (Å²) in [6.07, 6.45) is 0. The molecule has 1 amide bonds. The predicted octanol–water partition coefficient (Wildman–Crippen LogP) is 6.46. The number of nitrogens with one attached hydrogen (secondary N) is 1. The van der Waals surface area contributed by atoms with Crippen LogP contribution in [0.15, 0.2) is 83.8 Å². The van der Waals surface area contributed by atoms with Gasteiger partial charge in [0, 0.05) is 55.7 Å². The van der Waals surface area contributed by atoms with Gasteiger partial charge in [-0.15, -0.1) is 0 Å². The summed E-state index contributed by atoms with van der Waals surface area (Å²) in [5.41, 5.74) is 2.84. The molecule has 220 valence electrons. The largest absolute Gasteiger partial charge is 0.456 e. The van der Waals surface area contributed by atoms with Crippen LogP contribution in [-0.4, -0.2) is 61.4 Å². The van der Waals surface area contributed by atoms with E-state index >= 15 is 0 Å². The van der Waals surface area contributed by atoms with E-state index in [0.29, 0.717) is 34.6 Å². The fourth-order valence-electron chi connectivity index (χ4n) is 4.97. The van der Waals surface area contributed by atoms with Gasteiger partial charge in [0.25, 0.3) is 15.9 Å². The van der Waals surface area contributed by atoms with Crippen molar-refractivity contribution in [3.8, 4) is 11.5 Å². The van der Waals surface area contributed by atoms with E-state index in [0.717, 1.165) is 26.2 Å². The van der Waals surface area contributed by atoms with Gasteiger partial charge in [-0.2, -0.15) is 0 Å². The number of halogens is 2. The van der Waals surface area contributed by atoms with Crippen LogP contribution in [0.5, 0.6) is 11.5 Å². The quantitative estimate of drug-likeness (QED) is 0.230. The van der Waals surface area contributed by atoms with Crippen molar-refractivity contribution < 1.29 is 17.9 Å². The number of aromatic nitrogens is 1. The number of aryl methyl sites for hydroxylation is 2. The fraction of sp³-hybridized carbons (Fsp3) is 0.258. The van der Waals surface area contributed by atoms with Gasteiger partial charge in [-0.3, -0.25) is 14.4 Å². The van der Waals surface area contributed by atoms with Crippen LogP contribution < -0.4 is 9.46 Å². The van der Waals surface area contributed by atoms with E-state index in [4.69, 9.17) is 27.9 Å². The lowest BCUT2D eigenvalue weighted by Gasteiger charge is -2.35. The Labute approximate surface area is 256 Å². The van der Waals surface area contributed by atoms with Crippen molar-refractivity contribution in [2.24, 2.45) is 0 Å². The Morgan fingerprint density at radius 1 is 0.857 bits per heavy atom. The van der Waals surface area contributed by atoms with Crippen LogP contribution >= 0.6 is 23.2 Å². The smallest absolute Gasteiger partial charge is 0.261 e. The Balaban J connectivity index is 1.24. The van der Waals surface area contributed by atoms with Gasteiger partial charge in [-0.05, 0) is 80.6 Å². The van der Waals surface area contributed by atoms with Gasteiger partial charge in [-0.25, -0.2) is 8.42 Å². The number of amides is 1. The zero-order valence-corrected chi connectivity index (χ0v) is 25.7. The molecule has 1 aliphatic rings. The second-order valence-electron chi connectivity index (χ2n) is 10.2. The summed E-state index contributed by atoms with van der Waals surface area (Å²) < 4.78 is 37.2. The fourth-order valence-corrected chi connectivity index (χ4v) is 6.39. The first-order valence-electron chi connectivity index (χ1n) is 13.6. The predicted molar refractivity (Wildman–Crippen MR) is 166 cm³/mol. The molecule has 3 aromatic carbocycles. The highest BCUT2D eigenvalue weighted by molar-refractivity contribution is 7.92. The van der Waals surface area contributed by atoms with Crippen molar-refractivity contribution in [2.45, 2.75) is 25.3 Å². The molecule has 0 radical (unpaired) electrons. The summed E-state index contributed by atoms with van der Waals surface area (Å²) in [5.74, 6) is 0.627. The molecule has 0 bridgehead atoms. The Kier molecular flexibility index (Phi) is 9.13. The van der Waals surface area contributed by atoms with E-state index in [1.807, 2.05) is 0 Å². The van der Waals surface area contributed by atoms with Crippen LogP contribution in [0.1, 0.15) is 21.7 Å². The minimum atomic E-state index is -4.01. The molecule has 0 atom stereocenters. The highest BCUT2D eigenvalue weighted by atomic mass is 35.5. The van der Waals surface area contributed by atoms with E-state index in [1.165, 1.54) is 35.7 Å². The number of nitrogens with zero attached hydrogens (tertiary/aromatic N) is 3. The number of hydrogen-bond acceptors (Lipinski definition) is 5. The van der Waals surface area contributed by atoms with E-state index < -0.39 is 10.0 Å². The van der Waals surface area contributed by atoms with Gasteiger partial charge >= 0.3 is 0 Å². The van der Waals surface area contributed by atoms with E-state index in [9.17, 15) is 13.2 Å². The summed E-state index contributed by atoms with van der Waals surface area (Å²) in [6, 6.07) is 21.8. The summed E-state index contributed by atoms with van der Waals surface area (Å²) in [6.45, 7) is 8.53. The van der Waals surface area contributed by atoms with Gasteiger partial charge in [0.2, 0.25) is 0 Å². The minimum Gasteiger partial charge on any atom is -0.456 e. The van der Waals surface area contributed by atoms with Crippen LogP contribution in [0.2, 0.25) is 10.0 Å². The Morgan fingerprint density at radius 3 is 2.19 bits per heavy atom. The Hall–Kier alpha value is -3.50. The molecule has 0 unspecified atom stereocenters. The zero-order valence-electron chi connectivity index (χ0n) is 23.4. The molecule has 4 aromatic rings. The number of carbonyl (C=O) groups excluding carboxylic acids is 1. The SMILES string of the molecule is Cc1ccc(C)n1CCN1CCN(C(=O)c2cc(Cl)ccc2NS(=O)(=O)c2ccc(Oc3ccccc3Cl)cc2)CC1. The van der Waals surface area contributed by atoms with E-state index in [1.54, 1.807) is 47.4 Å².